The lowest BCUT2D eigenvalue weighted by atomic mass is 10.1. The molecular weight excluding hydrogens is 224 g/mol. The minimum Gasteiger partial charge on any atom is -0.341 e. The van der Waals surface area contributed by atoms with E-state index in [0.717, 1.165) is 38.8 Å². The third-order valence-electron chi connectivity index (χ3n) is 3.62. The Hall–Kier alpha value is -0.280. The Morgan fingerprint density at radius 3 is 2.81 bits per heavy atom. The van der Waals surface area contributed by atoms with Crippen LogP contribution in [0.2, 0.25) is 0 Å². The van der Waals surface area contributed by atoms with Crippen molar-refractivity contribution in [1.29, 1.82) is 0 Å². The Bertz CT molecular complexity index is 235. The van der Waals surface area contributed by atoms with E-state index in [1.165, 1.54) is 12.8 Å². The van der Waals surface area contributed by atoms with Crippen molar-refractivity contribution in [2.75, 3.05) is 13.1 Å². The predicted molar refractivity (Wildman–Crippen MR) is 67.9 cm³/mol. The van der Waals surface area contributed by atoms with Crippen LogP contribution in [0.1, 0.15) is 45.4 Å². The number of amides is 1. The van der Waals surface area contributed by atoms with Crippen molar-refractivity contribution in [3.8, 4) is 0 Å². The van der Waals surface area contributed by atoms with Crippen molar-refractivity contribution in [3.05, 3.63) is 0 Å². The topological polar surface area (TPSA) is 32.3 Å². The van der Waals surface area contributed by atoms with E-state index in [4.69, 9.17) is 0 Å². The number of fused-ring (bicyclic) bond motifs is 2. The molecule has 2 heterocycles. The summed E-state index contributed by atoms with van der Waals surface area (Å²) >= 11 is 0. The van der Waals surface area contributed by atoms with Crippen LogP contribution in [0.15, 0.2) is 0 Å². The van der Waals surface area contributed by atoms with Crippen LogP contribution in [-0.2, 0) is 4.79 Å². The number of carbonyl (C=O) groups is 1. The molecule has 2 rings (SSSR count). The first-order chi connectivity index (χ1) is 7.29. The van der Waals surface area contributed by atoms with Crippen molar-refractivity contribution in [1.82, 2.24) is 10.2 Å². The molecule has 2 unspecified atom stereocenters. The van der Waals surface area contributed by atoms with E-state index in [-0.39, 0.29) is 12.4 Å². The molecule has 0 aromatic heterocycles. The summed E-state index contributed by atoms with van der Waals surface area (Å²) in [7, 11) is 0. The molecule has 2 atom stereocenters. The molecule has 2 fully saturated rings. The summed E-state index contributed by atoms with van der Waals surface area (Å²) < 4.78 is 0. The summed E-state index contributed by atoms with van der Waals surface area (Å²) in [6, 6.07) is 1.25. The number of hydrogen-bond donors (Lipinski definition) is 1. The number of carbonyl (C=O) groups excluding carboxylic acids is 1. The van der Waals surface area contributed by atoms with Crippen molar-refractivity contribution in [3.63, 3.8) is 0 Å². The Morgan fingerprint density at radius 1 is 1.31 bits per heavy atom. The summed E-state index contributed by atoms with van der Waals surface area (Å²) in [6.45, 7) is 4.05. The molecule has 4 heteroatoms. The second kappa shape index (κ2) is 6.45. The summed E-state index contributed by atoms with van der Waals surface area (Å²) in [5.74, 6) is 0.367. The molecule has 2 aliphatic heterocycles. The molecule has 2 saturated heterocycles. The zero-order valence-electron chi connectivity index (χ0n) is 10.1. The minimum atomic E-state index is 0. The Morgan fingerprint density at radius 2 is 2.06 bits per heavy atom. The Labute approximate surface area is 104 Å². The molecule has 1 amide bonds. The maximum Gasteiger partial charge on any atom is 0.222 e. The van der Waals surface area contributed by atoms with Crippen LogP contribution in [0.5, 0.6) is 0 Å². The van der Waals surface area contributed by atoms with Gasteiger partial charge in [-0.1, -0.05) is 13.3 Å². The van der Waals surface area contributed by atoms with Gasteiger partial charge in [0.25, 0.3) is 0 Å². The summed E-state index contributed by atoms with van der Waals surface area (Å²) in [4.78, 5) is 14.0. The average molecular weight is 247 g/mol. The fourth-order valence-electron chi connectivity index (χ4n) is 2.66. The molecule has 0 radical (unpaired) electrons. The maximum absolute atomic E-state index is 11.9. The molecule has 1 N–H and O–H groups in total. The Kier molecular flexibility index (Phi) is 5.56. The van der Waals surface area contributed by atoms with E-state index in [9.17, 15) is 4.79 Å². The third kappa shape index (κ3) is 3.36. The monoisotopic (exact) mass is 246 g/mol. The maximum atomic E-state index is 11.9. The van der Waals surface area contributed by atoms with E-state index < -0.39 is 0 Å². The molecule has 94 valence electrons. The van der Waals surface area contributed by atoms with Crippen molar-refractivity contribution in [2.24, 2.45) is 0 Å². The van der Waals surface area contributed by atoms with Crippen LogP contribution >= 0.6 is 12.4 Å². The number of halogens is 1. The largest absolute Gasteiger partial charge is 0.341 e. The molecular formula is C12H23ClN2O. The van der Waals surface area contributed by atoms with Gasteiger partial charge in [-0.2, -0.15) is 0 Å². The van der Waals surface area contributed by atoms with Crippen molar-refractivity contribution >= 4 is 18.3 Å². The van der Waals surface area contributed by atoms with Gasteiger partial charge in [0.05, 0.1) is 0 Å². The Balaban J connectivity index is 0.00000128. The highest BCUT2D eigenvalue weighted by molar-refractivity contribution is 5.85. The molecule has 0 spiro atoms. The molecule has 2 bridgehead atoms. The zero-order valence-corrected chi connectivity index (χ0v) is 10.9. The predicted octanol–water partition coefficient (Wildman–Crippen LogP) is 1.95. The quantitative estimate of drug-likeness (QED) is 0.826. The molecule has 0 aromatic rings. The highest BCUT2D eigenvalue weighted by atomic mass is 35.5. The second-order valence-corrected chi connectivity index (χ2v) is 4.87. The fraction of sp³-hybridized carbons (Fsp3) is 0.917. The second-order valence-electron chi connectivity index (χ2n) is 4.87. The van der Waals surface area contributed by atoms with Gasteiger partial charge >= 0.3 is 0 Å². The number of unbranched alkanes of at least 4 members (excludes halogenated alkanes) is 1. The minimum absolute atomic E-state index is 0. The lowest BCUT2D eigenvalue weighted by molar-refractivity contribution is -0.131. The number of nitrogens with one attached hydrogen (secondary N) is 1. The lowest BCUT2D eigenvalue weighted by Crippen LogP contribution is -2.38. The highest BCUT2D eigenvalue weighted by Gasteiger charge is 2.30. The van der Waals surface area contributed by atoms with E-state index in [0.29, 0.717) is 18.0 Å². The van der Waals surface area contributed by atoms with Crippen LogP contribution in [0, 0.1) is 0 Å². The summed E-state index contributed by atoms with van der Waals surface area (Å²) in [5.41, 5.74) is 0. The molecule has 16 heavy (non-hydrogen) atoms. The standard InChI is InChI=1S/C12H22N2O.ClH/c1-2-3-4-12(15)14-8-7-10-5-6-11(9-14)13-10;/h10-11,13H,2-9H2,1H3;1H. The molecule has 0 aromatic carbocycles. The zero-order chi connectivity index (χ0) is 10.7. The number of likely N-dealkylation sites (tertiary alicyclic amines) is 1. The van der Waals surface area contributed by atoms with Gasteiger partial charge in [0.2, 0.25) is 5.91 Å². The number of nitrogens with zero attached hydrogens (tertiary/aromatic N) is 1. The SMILES string of the molecule is CCCCC(=O)N1CCC2CCC(C1)N2.Cl. The smallest absolute Gasteiger partial charge is 0.222 e. The average Bonchev–Trinajstić information content (AvgIpc) is 2.55. The fourth-order valence-corrected chi connectivity index (χ4v) is 2.66. The van der Waals surface area contributed by atoms with Crippen LogP contribution in [-0.4, -0.2) is 36.0 Å². The molecule has 2 aliphatic rings. The summed E-state index contributed by atoms with van der Waals surface area (Å²) in [6.07, 6.45) is 6.60. The van der Waals surface area contributed by atoms with Gasteiger partial charge in [0.15, 0.2) is 0 Å². The van der Waals surface area contributed by atoms with Gasteiger partial charge < -0.3 is 10.2 Å². The first-order valence-electron chi connectivity index (χ1n) is 6.33. The van der Waals surface area contributed by atoms with Crippen LogP contribution in [0.3, 0.4) is 0 Å². The third-order valence-corrected chi connectivity index (χ3v) is 3.62. The van der Waals surface area contributed by atoms with E-state index in [1.807, 2.05) is 0 Å². The van der Waals surface area contributed by atoms with Gasteiger partial charge in [0, 0.05) is 31.6 Å². The van der Waals surface area contributed by atoms with Crippen molar-refractivity contribution < 1.29 is 4.79 Å². The van der Waals surface area contributed by atoms with Gasteiger partial charge in [-0.05, 0) is 25.7 Å². The lowest BCUT2D eigenvalue weighted by Gasteiger charge is -2.24. The highest BCUT2D eigenvalue weighted by Crippen LogP contribution is 2.20. The normalized spacial score (nSPS) is 28.4. The molecule has 0 saturated carbocycles. The van der Waals surface area contributed by atoms with E-state index in [1.54, 1.807) is 0 Å². The first kappa shape index (κ1) is 13.8. The van der Waals surface area contributed by atoms with E-state index >= 15 is 0 Å². The number of hydrogen-bond acceptors (Lipinski definition) is 2. The summed E-state index contributed by atoms with van der Waals surface area (Å²) in [5, 5.41) is 3.60. The van der Waals surface area contributed by atoms with Gasteiger partial charge in [-0.3, -0.25) is 4.79 Å². The van der Waals surface area contributed by atoms with Gasteiger partial charge in [0.1, 0.15) is 0 Å². The van der Waals surface area contributed by atoms with Crippen molar-refractivity contribution in [2.45, 2.75) is 57.5 Å². The molecule has 0 aliphatic carbocycles. The van der Waals surface area contributed by atoms with Gasteiger partial charge in [-0.15, -0.1) is 12.4 Å². The number of rotatable bonds is 3. The van der Waals surface area contributed by atoms with E-state index in [2.05, 4.69) is 17.1 Å². The first-order valence-corrected chi connectivity index (χ1v) is 6.33. The molecule has 3 nitrogen and oxygen atoms in total. The van der Waals surface area contributed by atoms with Crippen LogP contribution in [0.25, 0.3) is 0 Å². The van der Waals surface area contributed by atoms with Crippen LogP contribution < -0.4 is 5.32 Å². The van der Waals surface area contributed by atoms with Gasteiger partial charge in [-0.25, -0.2) is 0 Å². The van der Waals surface area contributed by atoms with Crippen LogP contribution in [0.4, 0.5) is 0 Å².